The van der Waals surface area contributed by atoms with Gasteiger partial charge in [-0.25, -0.2) is 0 Å². The number of hydrogen-bond acceptors (Lipinski definition) is 6. The zero-order valence-corrected chi connectivity index (χ0v) is 19.7. The molecule has 6 nitrogen and oxygen atoms in total. The molecule has 0 fully saturated rings. The van der Waals surface area contributed by atoms with Crippen LogP contribution in [0.25, 0.3) is 0 Å². The van der Waals surface area contributed by atoms with Gasteiger partial charge in [0, 0.05) is 0 Å². The number of esters is 2. The molecule has 0 spiro atoms. The predicted octanol–water partition coefficient (Wildman–Crippen LogP) is 5.00. The summed E-state index contributed by atoms with van der Waals surface area (Å²) in [5, 5.41) is 0. The van der Waals surface area contributed by atoms with Crippen LogP contribution in [0.2, 0.25) is 0 Å². The molecule has 0 aromatic heterocycles. The molecule has 0 saturated carbocycles. The monoisotopic (exact) mass is 412 g/mol. The molecule has 6 heteroatoms. The van der Waals surface area contributed by atoms with Crippen molar-refractivity contribution in [3.05, 3.63) is 25.3 Å². The normalized spacial score (nSPS) is 11.3. The zero-order chi connectivity index (χ0) is 23.8. The Balaban J connectivity index is -0.000000401. The second-order valence-corrected chi connectivity index (χ2v) is 8.38. The molecule has 0 aliphatic carbocycles. The van der Waals surface area contributed by atoms with Gasteiger partial charge in [0.1, 0.15) is 35.1 Å². The quantitative estimate of drug-likeness (QED) is 0.332. The summed E-state index contributed by atoms with van der Waals surface area (Å²) in [4.78, 5) is 43.9. The van der Waals surface area contributed by atoms with Crippen LogP contribution in [0.1, 0.15) is 81.6 Å². The standard InChI is InChI=1S/C11H18O3.C8H14O3.C4H8/c1-6-7-9(8(2)12)10(13)14-11(3,4)5;1-6(9)5-7(10)11-8(2,3)4;1-3-4-2/h6,9H,1,7H2,2-5H3;5H2,1-4H3;3H,1,4H2,2H3. The Morgan fingerprint density at radius 1 is 0.862 bits per heavy atom. The highest BCUT2D eigenvalue weighted by atomic mass is 16.6. The predicted molar refractivity (Wildman–Crippen MR) is 116 cm³/mol. The van der Waals surface area contributed by atoms with E-state index in [0.29, 0.717) is 6.42 Å². The summed E-state index contributed by atoms with van der Waals surface area (Å²) in [5.41, 5.74) is -1.04. The Hall–Kier alpha value is -2.24. The minimum absolute atomic E-state index is 0.128. The minimum Gasteiger partial charge on any atom is -0.460 e. The average molecular weight is 413 g/mol. The molecular weight excluding hydrogens is 372 g/mol. The molecule has 1 atom stereocenters. The van der Waals surface area contributed by atoms with E-state index in [0.717, 1.165) is 6.42 Å². The van der Waals surface area contributed by atoms with E-state index in [1.807, 2.05) is 6.08 Å². The van der Waals surface area contributed by atoms with Crippen molar-refractivity contribution in [1.82, 2.24) is 0 Å². The van der Waals surface area contributed by atoms with Crippen molar-refractivity contribution < 1.29 is 28.7 Å². The van der Waals surface area contributed by atoms with E-state index >= 15 is 0 Å². The Morgan fingerprint density at radius 3 is 1.52 bits per heavy atom. The van der Waals surface area contributed by atoms with Gasteiger partial charge in [0.05, 0.1) is 0 Å². The highest BCUT2D eigenvalue weighted by Crippen LogP contribution is 2.14. The van der Waals surface area contributed by atoms with Crippen molar-refractivity contribution in [2.24, 2.45) is 5.92 Å². The van der Waals surface area contributed by atoms with Crippen LogP contribution in [0.4, 0.5) is 0 Å². The highest BCUT2D eigenvalue weighted by Gasteiger charge is 2.27. The molecule has 0 N–H and O–H groups in total. The summed E-state index contributed by atoms with van der Waals surface area (Å²) >= 11 is 0. The Morgan fingerprint density at radius 2 is 1.28 bits per heavy atom. The summed E-state index contributed by atoms with van der Waals surface area (Å²) in [6.07, 6.45) is 4.72. The van der Waals surface area contributed by atoms with E-state index in [1.54, 1.807) is 47.6 Å². The van der Waals surface area contributed by atoms with Gasteiger partial charge in [-0.05, 0) is 68.2 Å². The van der Waals surface area contributed by atoms with Crippen molar-refractivity contribution in [1.29, 1.82) is 0 Å². The summed E-state index contributed by atoms with van der Waals surface area (Å²) in [6.45, 7) is 22.4. The molecule has 0 aliphatic heterocycles. The van der Waals surface area contributed by atoms with Crippen molar-refractivity contribution in [2.75, 3.05) is 0 Å². The van der Waals surface area contributed by atoms with Crippen LogP contribution in [0.3, 0.4) is 0 Å². The van der Waals surface area contributed by atoms with E-state index in [4.69, 9.17) is 9.47 Å². The molecule has 0 amide bonds. The fraction of sp³-hybridized carbons (Fsp3) is 0.652. The van der Waals surface area contributed by atoms with E-state index in [2.05, 4.69) is 20.1 Å². The van der Waals surface area contributed by atoms with Crippen LogP contribution < -0.4 is 0 Å². The molecule has 0 saturated heterocycles. The Bertz CT molecular complexity index is 547. The number of allylic oxidation sites excluding steroid dienone is 2. The number of ketones is 2. The van der Waals surface area contributed by atoms with Gasteiger partial charge in [0.25, 0.3) is 0 Å². The number of hydrogen-bond donors (Lipinski definition) is 0. The molecular formula is C23H40O6. The van der Waals surface area contributed by atoms with Gasteiger partial charge in [-0.3, -0.25) is 19.2 Å². The third kappa shape index (κ3) is 25.8. The summed E-state index contributed by atoms with van der Waals surface area (Å²) in [5.74, 6) is -1.97. The number of rotatable bonds is 7. The van der Waals surface area contributed by atoms with Crippen molar-refractivity contribution in [2.45, 2.75) is 92.8 Å². The van der Waals surface area contributed by atoms with Gasteiger partial charge in [-0.1, -0.05) is 19.1 Å². The van der Waals surface area contributed by atoms with Gasteiger partial charge >= 0.3 is 11.9 Å². The fourth-order valence-corrected chi connectivity index (χ4v) is 1.55. The van der Waals surface area contributed by atoms with Crippen LogP contribution in [-0.2, 0) is 28.7 Å². The van der Waals surface area contributed by atoms with Gasteiger partial charge < -0.3 is 9.47 Å². The van der Waals surface area contributed by atoms with Crippen LogP contribution in [0.5, 0.6) is 0 Å². The molecule has 0 aromatic rings. The molecule has 168 valence electrons. The lowest BCUT2D eigenvalue weighted by atomic mass is 10.0. The third-order valence-electron chi connectivity index (χ3n) is 2.69. The molecule has 1 unspecified atom stereocenters. The maximum Gasteiger partial charge on any atom is 0.317 e. The molecule has 29 heavy (non-hydrogen) atoms. The first-order valence-electron chi connectivity index (χ1n) is 9.67. The Labute approximate surface area is 176 Å². The number of carbonyl (C=O) groups is 4. The second kappa shape index (κ2) is 15.7. The molecule has 0 aliphatic rings. The zero-order valence-electron chi connectivity index (χ0n) is 19.7. The van der Waals surface area contributed by atoms with Crippen LogP contribution in [0, 0.1) is 5.92 Å². The summed E-state index contributed by atoms with van der Waals surface area (Å²) in [6, 6.07) is 0. The lowest BCUT2D eigenvalue weighted by Gasteiger charge is -2.22. The van der Waals surface area contributed by atoms with Crippen molar-refractivity contribution in [3.63, 3.8) is 0 Å². The van der Waals surface area contributed by atoms with Gasteiger partial charge in [0.15, 0.2) is 0 Å². The molecule has 0 aromatic carbocycles. The first kappa shape index (κ1) is 31.5. The number of ether oxygens (including phenoxy) is 2. The largest absolute Gasteiger partial charge is 0.460 e. The highest BCUT2D eigenvalue weighted by molar-refractivity contribution is 5.98. The summed E-state index contributed by atoms with van der Waals surface area (Å²) < 4.78 is 9.99. The maximum atomic E-state index is 11.5. The smallest absolute Gasteiger partial charge is 0.317 e. The molecule has 0 rings (SSSR count). The molecule has 0 radical (unpaired) electrons. The summed E-state index contributed by atoms with van der Waals surface area (Å²) in [7, 11) is 0. The first-order chi connectivity index (χ1) is 13.0. The van der Waals surface area contributed by atoms with Crippen LogP contribution in [0.15, 0.2) is 25.3 Å². The van der Waals surface area contributed by atoms with Gasteiger partial charge in [0.2, 0.25) is 0 Å². The number of carbonyl (C=O) groups excluding carboxylic acids is 4. The minimum atomic E-state index is -0.702. The van der Waals surface area contributed by atoms with E-state index in [-0.39, 0.29) is 18.0 Å². The Kier molecular flexibility index (Phi) is 17.0. The molecule has 0 heterocycles. The average Bonchev–Trinajstić information content (AvgIpc) is 2.48. The topological polar surface area (TPSA) is 86.7 Å². The van der Waals surface area contributed by atoms with Crippen molar-refractivity contribution in [3.8, 4) is 0 Å². The first-order valence-corrected chi connectivity index (χ1v) is 9.67. The lowest BCUT2D eigenvalue weighted by Crippen LogP contribution is -2.31. The van der Waals surface area contributed by atoms with Crippen LogP contribution >= 0.6 is 0 Å². The van der Waals surface area contributed by atoms with E-state index in [9.17, 15) is 19.2 Å². The third-order valence-corrected chi connectivity index (χ3v) is 2.69. The SMILES string of the molecule is C=CCC.C=CCC(C(C)=O)C(=O)OC(C)(C)C.CC(=O)CC(=O)OC(C)(C)C. The van der Waals surface area contributed by atoms with E-state index in [1.165, 1.54) is 13.8 Å². The van der Waals surface area contributed by atoms with Crippen LogP contribution in [-0.4, -0.2) is 34.7 Å². The second-order valence-electron chi connectivity index (χ2n) is 8.38. The van der Waals surface area contributed by atoms with Crippen molar-refractivity contribution >= 4 is 23.5 Å². The van der Waals surface area contributed by atoms with Gasteiger partial charge in [-0.15, -0.1) is 13.2 Å². The number of Topliss-reactive ketones (excluding diaryl/α,β-unsaturated/α-hetero) is 2. The maximum absolute atomic E-state index is 11.5. The lowest BCUT2D eigenvalue weighted by molar-refractivity contribution is -0.162. The fourth-order valence-electron chi connectivity index (χ4n) is 1.55. The van der Waals surface area contributed by atoms with E-state index < -0.39 is 29.1 Å². The van der Waals surface area contributed by atoms with Gasteiger partial charge in [-0.2, -0.15) is 0 Å². The molecule has 0 bridgehead atoms.